The molecule has 0 aliphatic carbocycles. The number of nitrogens with one attached hydrogen (secondary N) is 1. The summed E-state index contributed by atoms with van der Waals surface area (Å²) in [5, 5.41) is 2.97. The third kappa shape index (κ3) is 5.48. The zero-order valence-electron chi connectivity index (χ0n) is 15.8. The number of rotatable bonds is 8. The predicted molar refractivity (Wildman–Crippen MR) is 100 cm³/mol. The van der Waals surface area contributed by atoms with E-state index in [-0.39, 0.29) is 24.3 Å². The Kier molecular flexibility index (Phi) is 6.73. The number of nitrogens with zero attached hydrogens (tertiary/aromatic N) is 1. The van der Waals surface area contributed by atoms with Crippen LogP contribution in [0.2, 0.25) is 0 Å². The molecular weight excluding hydrogens is 348 g/mol. The number of amides is 1. The molecule has 2 heterocycles. The van der Waals surface area contributed by atoms with E-state index in [2.05, 4.69) is 10.2 Å². The largest absolute Gasteiger partial charge is 0.493 e. The molecule has 1 aliphatic rings. The number of furan rings is 1. The first-order valence-corrected chi connectivity index (χ1v) is 9.11. The molecule has 27 heavy (non-hydrogen) atoms. The SMILES string of the molecule is COc1ccccc1OCc1ccc(C(=O)NC(C)CN2CCOCC2)o1. The van der Waals surface area contributed by atoms with Gasteiger partial charge in [-0.3, -0.25) is 9.69 Å². The van der Waals surface area contributed by atoms with Gasteiger partial charge in [0.25, 0.3) is 5.91 Å². The minimum Gasteiger partial charge on any atom is -0.493 e. The average Bonchev–Trinajstić information content (AvgIpc) is 3.16. The molecule has 7 nitrogen and oxygen atoms in total. The molecule has 1 aliphatic heterocycles. The van der Waals surface area contributed by atoms with Gasteiger partial charge >= 0.3 is 0 Å². The fourth-order valence-corrected chi connectivity index (χ4v) is 2.98. The number of carbonyl (C=O) groups is 1. The summed E-state index contributed by atoms with van der Waals surface area (Å²) in [6, 6.07) is 10.8. The normalized spacial score (nSPS) is 15.9. The van der Waals surface area contributed by atoms with Crippen molar-refractivity contribution in [2.45, 2.75) is 19.6 Å². The van der Waals surface area contributed by atoms with Crippen molar-refractivity contribution in [3.05, 3.63) is 47.9 Å². The Balaban J connectivity index is 1.49. The molecule has 1 fully saturated rings. The van der Waals surface area contributed by atoms with Crippen LogP contribution in [0.1, 0.15) is 23.2 Å². The highest BCUT2D eigenvalue weighted by Crippen LogP contribution is 2.26. The minimum absolute atomic E-state index is 0.0222. The van der Waals surface area contributed by atoms with E-state index in [0.29, 0.717) is 17.3 Å². The van der Waals surface area contributed by atoms with Crippen molar-refractivity contribution in [3.8, 4) is 11.5 Å². The molecule has 1 aromatic heterocycles. The van der Waals surface area contributed by atoms with Crippen LogP contribution in [0.3, 0.4) is 0 Å². The maximum absolute atomic E-state index is 12.4. The number of benzene rings is 1. The molecule has 146 valence electrons. The van der Waals surface area contributed by atoms with Gasteiger partial charge in [0.15, 0.2) is 17.3 Å². The number of hydrogen-bond acceptors (Lipinski definition) is 6. The summed E-state index contributed by atoms with van der Waals surface area (Å²) in [7, 11) is 1.59. The van der Waals surface area contributed by atoms with Gasteiger partial charge in [-0.25, -0.2) is 0 Å². The van der Waals surface area contributed by atoms with E-state index in [4.69, 9.17) is 18.6 Å². The van der Waals surface area contributed by atoms with Crippen LogP contribution < -0.4 is 14.8 Å². The summed E-state index contributed by atoms with van der Waals surface area (Å²) in [6.07, 6.45) is 0. The predicted octanol–water partition coefficient (Wildman–Crippen LogP) is 2.32. The molecule has 1 unspecified atom stereocenters. The number of morpholine rings is 1. The van der Waals surface area contributed by atoms with Crippen LogP contribution >= 0.6 is 0 Å². The quantitative estimate of drug-likeness (QED) is 0.764. The van der Waals surface area contributed by atoms with Crippen LogP contribution in [0.15, 0.2) is 40.8 Å². The van der Waals surface area contributed by atoms with E-state index in [1.165, 1.54) is 0 Å². The number of ether oxygens (including phenoxy) is 3. The van der Waals surface area contributed by atoms with Crippen molar-refractivity contribution in [2.24, 2.45) is 0 Å². The van der Waals surface area contributed by atoms with Crippen molar-refractivity contribution < 1.29 is 23.4 Å². The Morgan fingerprint density at radius 3 is 2.67 bits per heavy atom. The van der Waals surface area contributed by atoms with Gasteiger partial charge in [0, 0.05) is 25.7 Å². The van der Waals surface area contributed by atoms with Crippen molar-refractivity contribution in [1.82, 2.24) is 10.2 Å². The molecule has 3 rings (SSSR count). The monoisotopic (exact) mass is 374 g/mol. The molecule has 0 radical (unpaired) electrons. The van der Waals surface area contributed by atoms with Crippen LogP contribution in [-0.2, 0) is 11.3 Å². The maximum atomic E-state index is 12.4. The fraction of sp³-hybridized carbons (Fsp3) is 0.450. The first-order valence-electron chi connectivity index (χ1n) is 9.11. The first kappa shape index (κ1) is 19.3. The lowest BCUT2D eigenvalue weighted by molar-refractivity contribution is 0.0341. The Morgan fingerprint density at radius 1 is 1.19 bits per heavy atom. The second-order valence-corrected chi connectivity index (χ2v) is 6.49. The average molecular weight is 374 g/mol. The van der Waals surface area contributed by atoms with Gasteiger partial charge < -0.3 is 23.9 Å². The zero-order valence-corrected chi connectivity index (χ0v) is 15.8. The summed E-state index contributed by atoms with van der Waals surface area (Å²) in [5.74, 6) is 1.91. The van der Waals surface area contributed by atoms with E-state index in [1.54, 1.807) is 19.2 Å². The molecule has 1 N–H and O–H groups in total. The number of hydrogen-bond donors (Lipinski definition) is 1. The van der Waals surface area contributed by atoms with E-state index in [0.717, 1.165) is 32.8 Å². The standard InChI is InChI=1S/C20H26N2O5/c1-15(13-22-9-11-25-12-10-22)21-20(23)19-8-7-16(27-19)14-26-18-6-4-3-5-17(18)24-2/h3-8,15H,9-14H2,1-2H3,(H,21,23). The molecule has 2 aromatic rings. The third-order valence-corrected chi connectivity index (χ3v) is 4.34. The van der Waals surface area contributed by atoms with E-state index < -0.39 is 0 Å². The third-order valence-electron chi connectivity index (χ3n) is 4.34. The molecule has 0 bridgehead atoms. The van der Waals surface area contributed by atoms with Gasteiger partial charge in [0.1, 0.15) is 12.4 Å². The smallest absolute Gasteiger partial charge is 0.287 e. The van der Waals surface area contributed by atoms with Crippen molar-refractivity contribution in [3.63, 3.8) is 0 Å². The summed E-state index contributed by atoms with van der Waals surface area (Å²) in [5.41, 5.74) is 0. The lowest BCUT2D eigenvalue weighted by Crippen LogP contribution is -2.45. The Morgan fingerprint density at radius 2 is 1.93 bits per heavy atom. The van der Waals surface area contributed by atoms with E-state index >= 15 is 0 Å². The van der Waals surface area contributed by atoms with Crippen LogP contribution in [0, 0.1) is 0 Å². The molecule has 7 heteroatoms. The highest BCUT2D eigenvalue weighted by molar-refractivity contribution is 5.91. The maximum Gasteiger partial charge on any atom is 0.287 e. The number of para-hydroxylation sites is 2. The second-order valence-electron chi connectivity index (χ2n) is 6.49. The summed E-state index contributed by atoms with van der Waals surface area (Å²) in [4.78, 5) is 14.7. The molecule has 0 saturated carbocycles. The molecule has 0 spiro atoms. The Labute approximate surface area is 159 Å². The van der Waals surface area contributed by atoms with Gasteiger partial charge in [-0.2, -0.15) is 0 Å². The van der Waals surface area contributed by atoms with Gasteiger partial charge in [-0.15, -0.1) is 0 Å². The molecule has 1 saturated heterocycles. The van der Waals surface area contributed by atoms with Crippen molar-refractivity contribution >= 4 is 5.91 Å². The van der Waals surface area contributed by atoms with E-state index in [9.17, 15) is 4.79 Å². The van der Waals surface area contributed by atoms with Crippen molar-refractivity contribution in [2.75, 3.05) is 40.0 Å². The van der Waals surface area contributed by atoms with Crippen molar-refractivity contribution in [1.29, 1.82) is 0 Å². The lowest BCUT2D eigenvalue weighted by Gasteiger charge is -2.29. The molecule has 1 amide bonds. The van der Waals surface area contributed by atoms with Gasteiger partial charge in [0.2, 0.25) is 0 Å². The van der Waals surface area contributed by atoms with Crippen LogP contribution in [-0.4, -0.2) is 56.8 Å². The Bertz CT molecular complexity index is 739. The number of carbonyl (C=O) groups excluding carboxylic acids is 1. The molecule has 1 aromatic carbocycles. The topological polar surface area (TPSA) is 73.2 Å². The fourth-order valence-electron chi connectivity index (χ4n) is 2.98. The van der Waals surface area contributed by atoms with Gasteiger partial charge in [-0.1, -0.05) is 12.1 Å². The van der Waals surface area contributed by atoms with Gasteiger partial charge in [-0.05, 0) is 31.2 Å². The number of methoxy groups -OCH3 is 1. The second kappa shape index (κ2) is 9.43. The first-order chi connectivity index (χ1) is 13.2. The highest BCUT2D eigenvalue weighted by Gasteiger charge is 2.18. The van der Waals surface area contributed by atoms with Crippen LogP contribution in [0.25, 0.3) is 0 Å². The zero-order chi connectivity index (χ0) is 19.1. The summed E-state index contributed by atoms with van der Waals surface area (Å²) in [6.45, 7) is 6.28. The molecule has 1 atom stereocenters. The highest BCUT2D eigenvalue weighted by atomic mass is 16.5. The summed E-state index contributed by atoms with van der Waals surface area (Å²) >= 11 is 0. The van der Waals surface area contributed by atoms with Crippen LogP contribution in [0.5, 0.6) is 11.5 Å². The minimum atomic E-state index is -0.223. The lowest BCUT2D eigenvalue weighted by atomic mass is 10.2. The summed E-state index contributed by atoms with van der Waals surface area (Å²) < 4.78 is 21.9. The van der Waals surface area contributed by atoms with Gasteiger partial charge in [0.05, 0.1) is 20.3 Å². The molecular formula is C20H26N2O5. The Hall–Kier alpha value is -2.51. The van der Waals surface area contributed by atoms with Crippen LogP contribution in [0.4, 0.5) is 0 Å². The van der Waals surface area contributed by atoms with E-state index in [1.807, 2.05) is 31.2 Å².